The van der Waals surface area contributed by atoms with Crippen LogP contribution < -0.4 is 9.62 Å². The topological polar surface area (TPSA) is 86.8 Å². The van der Waals surface area contributed by atoms with Gasteiger partial charge in [-0.25, -0.2) is 8.42 Å². The van der Waals surface area contributed by atoms with E-state index in [4.69, 9.17) is 11.6 Å². The molecule has 0 saturated heterocycles. The van der Waals surface area contributed by atoms with E-state index in [1.165, 1.54) is 17.0 Å². The van der Waals surface area contributed by atoms with E-state index in [0.29, 0.717) is 11.6 Å². The highest BCUT2D eigenvalue weighted by atomic mass is 35.5. The monoisotopic (exact) mass is 603 g/mol. The molecule has 0 heterocycles. The number of carbonyl (C=O) groups is 2. The molecule has 4 rings (SSSR count). The number of carbonyl (C=O) groups excluding carboxylic acids is 2. The third-order valence-electron chi connectivity index (χ3n) is 6.82. The third kappa shape index (κ3) is 7.78. The number of hydrogen-bond acceptors (Lipinski definition) is 4. The van der Waals surface area contributed by atoms with E-state index >= 15 is 0 Å². The molecular weight excluding hydrogens is 570 g/mol. The van der Waals surface area contributed by atoms with Crippen LogP contribution in [0.5, 0.6) is 0 Å². The number of nitrogens with zero attached hydrogens (tertiary/aromatic N) is 2. The summed E-state index contributed by atoms with van der Waals surface area (Å²) >= 11 is 6.11. The van der Waals surface area contributed by atoms with Crippen molar-refractivity contribution in [3.05, 3.63) is 131 Å². The van der Waals surface area contributed by atoms with E-state index in [1.807, 2.05) is 74.5 Å². The van der Waals surface area contributed by atoms with Crippen LogP contribution in [0.1, 0.15) is 23.6 Å². The summed E-state index contributed by atoms with van der Waals surface area (Å²) < 4.78 is 29.0. The number of halogens is 1. The number of benzene rings is 4. The zero-order valence-electron chi connectivity index (χ0n) is 23.6. The van der Waals surface area contributed by atoms with Crippen molar-refractivity contribution in [1.82, 2.24) is 10.2 Å². The van der Waals surface area contributed by atoms with E-state index < -0.39 is 28.5 Å². The Morgan fingerprint density at radius 1 is 0.810 bits per heavy atom. The van der Waals surface area contributed by atoms with Crippen LogP contribution in [0.3, 0.4) is 0 Å². The highest BCUT2D eigenvalue weighted by Gasteiger charge is 2.34. The van der Waals surface area contributed by atoms with Crippen molar-refractivity contribution >= 4 is 39.1 Å². The van der Waals surface area contributed by atoms with Gasteiger partial charge in [0, 0.05) is 24.5 Å². The molecule has 0 spiro atoms. The third-order valence-corrected chi connectivity index (χ3v) is 8.86. The number of amides is 2. The van der Waals surface area contributed by atoms with Gasteiger partial charge in [-0.15, -0.1) is 0 Å². The van der Waals surface area contributed by atoms with Crippen molar-refractivity contribution in [1.29, 1.82) is 0 Å². The van der Waals surface area contributed by atoms with Crippen molar-refractivity contribution in [3.8, 4) is 0 Å². The van der Waals surface area contributed by atoms with E-state index in [1.54, 1.807) is 36.4 Å². The average molecular weight is 604 g/mol. The Morgan fingerprint density at radius 3 is 1.95 bits per heavy atom. The maximum absolute atomic E-state index is 14.3. The van der Waals surface area contributed by atoms with Crippen molar-refractivity contribution < 1.29 is 18.0 Å². The quantitative estimate of drug-likeness (QED) is 0.228. The minimum absolute atomic E-state index is 0.0509. The summed E-state index contributed by atoms with van der Waals surface area (Å²) in [5, 5.41) is 3.29. The van der Waals surface area contributed by atoms with Gasteiger partial charge in [0.2, 0.25) is 11.8 Å². The van der Waals surface area contributed by atoms with Gasteiger partial charge in [0.25, 0.3) is 10.0 Å². The lowest BCUT2D eigenvalue weighted by Gasteiger charge is -2.33. The Kier molecular flexibility index (Phi) is 10.4. The first-order valence-electron chi connectivity index (χ1n) is 13.7. The van der Waals surface area contributed by atoms with Crippen LogP contribution in [0.15, 0.2) is 114 Å². The lowest BCUT2D eigenvalue weighted by Crippen LogP contribution is -2.53. The van der Waals surface area contributed by atoms with Gasteiger partial charge < -0.3 is 10.2 Å². The van der Waals surface area contributed by atoms with Gasteiger partial charge in [-0.1, -0.05) is 90.0 Å². The number of aryl methyl sites for hydroxylation is 1. The van der Waals surface area contributed by atoms with Gasteiger partial charge in [0.05, 0.1) is 10.6 Å². The number of anilines is 1. The Bertz CT molecular complexity index is 1580. The van der Waals surface area contributed by atoms with Gasteiger partial charge in [0.1, 0.15) is 12.6 Å². The highest BCUT2D eigenvalue weighted by molar-refractivity contribution is 7.92. The molecular formula is C33H34ClN3O4S. The molecule has 0 aliphatic carbocycles. The Hall–Kier alpha value is -4.14. The molecule has 0 aliphatic rings. The number of nitrogens with one attached hydrogen (secondary N) is 1. The van der Waals surface area contributed by atoms with Gasteiger partial charge in [-0.2, -0.15) is 0 Å². The van der Waals surface area contributed by atoms with Crippen molar-refractivity contribution in [2.24, 2.45) is 0 Å². The molecule has 1 atom stereocenters. The molecule has 4 aromatic rings. The van der Waals surface area contributed by atoms with E-state index in [9.17, 15) is 18.0 Å². The number of hydrogen-bond donors (Lipinski definition) is 1. The molecule has 1 N–H and O–H groups in total. The Morgan fingerprint density at radius 2 is 1.38 bits per heavy atom. The summed E-state index contributed by atoms with van der Waals surface area (Å²) in [7, 11) is -4.16. The van der Waals surface area contributed by atoms with Gasteiger partial charge in [-0.3, -0.25) is 13.9 Å². The van der Waals surface area contributed by atoms with Crippen molar-refractivity contribution in [2.75, 3.05) is 17.4 Å². The van der Waals surface area contributed by atoms with E-state index in [-0.39, 0.29) is 29.5 Å². The molecule has 7 nitrogen and oxygen atoms in total. The molecule has 0 saturated carbocycles. The minimum atomic E-state index is -4.16. The second-order valence-corrected chi connectivity index (χ2v) is 12.2. The number of rotatable bonds is 12. The van der Waals surface area contributed by atoms with Crippen LogP contribution in [0.25, 0.3) is 0 Å². The lowest BCUT2D eigenvalue weighted by molar-refractivity contribution is -0.140. The average Bonchev–Trinajstić information content (AvgIpc) is 2.99. The molecule has 218 valence electrons. The molecule has 0 bridgehead atoms. The van der Waals surface area contributed by atoms with E-state index in [0.717, 1.165) is 21.0 Å². The predicted octanol–water partition coefficient (Wildman–Crippen LogP) is 5.62. The molecule has 2 amide bonds. The summed E-state index contributed by atoms with van der Waals surface area (Å²) in [6.45, 7) is 3.67. The second kappa shape index (κ2) is 14.2. The Labute approximate surface area is 252 Å². The van der Waals surface area contributed by atoms with Crippen LogP contribution in [0.4, 0.5) is 5.69 Å². The highest BCUT2D eigenvalue weighted by Crippen LogP contribution is 2.26. The van der Waals surface area contributed by atoms with Crippen molar-refractivity contribution in [3.63, 3.8) is 0 Å². The fraction of sp³-hybridized carbons (Fsp3) is 0.212. The first-order valence-corrected chi connectivity index (χ1v) is 15.5. The van der Waals surface area contributed by atoms with Gasteiger partial charge >= 0.3 is 0 Å². The number of sulfonamides is 1. The molecule has 0 fully saturated rings. The van der Waals surface area contributed by atoms with Crippen LogP contribution in [0, 0.1) is 6.92 Å². The fourth-order valence-corrected chi connectivity index (χ4v) is 6.14. The molecule has 4 aromatic carbocycles. The zero-order chi connectivity index (χ0) is 30.1. The van der Waals surface area contributed by atoms with Gasteiger partial charge in [0.15, 0.2) is 0 Å². The summed E-state index contributed by atoms with van der Waals surface area (Å²) in [5.74, 6) is -0.832. The molecule has 0 radical (unpaired) electrons. The smallest absolute Gasteiger partial charge is 0.264 e. The summed E-state index contributed by atoms with van der Waals surface area (Å²) in [5.41, 5.74) is 2.88. The first kappa shape index (κ1) is 30.8. The minimum Gasteiger partial charge on any atom is -0.355 e. The van der Waals surface area contributed by atoms with Crippen LogP contribution >= 0.6 is 11.6 Å². The predicted molar refractivity (Wildman–Crippen MR) is 167 cm³/mol. The largest absolute Gasteiger partial charge is 0.355 e. The van der Waals surface area contributed by atoms with Gasteiger partial charge in [-0.05, 0) is 61.4 Å². The van der Waals surface area contributed by atoms with Crippen LogP contribution in [-0.4, -0.2) is 44.3 Å². The lowest BCUT2D eigenvalue weighted by atomic mass is 10.0. The standard InChI is InChI=1S/C33H34ClN3O4S/c1-3-35-33(39)31(22-26-10-6-4-7-11-26)36(23-27-12-8-5-9-13-27)32(38)24-37(29-18-16-28(34)17-19-29)42(40,41)30-20-14-25(2)15-21-30/h4-21,31H,3,22-24H2,1-2H3,(H,35,39)/t31-/m1/s1. The molecule has 42 heavy (non-hydrogen) atoms. The summed E-state index contributed by atoms with van der Waals surface area (Å²) in [6.07, 6.45) is 0.261. The Balaban J connectivity index is 1.77. The van der Waals surface area contributed by atoms with Crippen LogP contribution in [-0.2, 0) is 32.6 Å². The van der Waals surface area contributed by atoms with E-state index in [2.05, 4.69) is 5.32 Å². The second-order valence-electron chi connectivity index (χ2n) is 9.91. The fourth-order valence-electron chi connectivity index (χ4n) is 4.60. The first-order chi connectivity index (χ1) is 20.2. The summed E-state index contributed by atoms with van der Waals surface area (Å²) in [6, 6.07) is 30.6. The normalized spacial score (nSPS) is 11.9. The maximum Gasteiger partial charge on any atom is 0.264 e. The zero-order valence-corrected chi connectivity index (χ0v) is 25.2. The molecule has 0 aliphatic heterocycles. The van der Waals surface area contributed by atoms with Crippen molar-refractivity contribution in [2.45, 2.75) is 37.8 Å². The maximum atomic E-state index is 14.3. The van der Waals surface area contributed by atoms with Crippen LogP contribution in [0.2, 0.25) is 5.02 Å². The number of likely N-dealkylation sites (N-methyl/N-ethyl adjacent to an activating group) is 1. The SMILES string of the molecule is CCNC(=O)[C@@H](Cc1ccccc1)N(Cc1ccccc1)C(=O)CN(c1ccc(Cl)cc1)S(=O)(=O)c1ccc(C)cc1. The molecule has 0 unspecified atom stereocenters. The molecule has 0 aromatic heterocycles. The molecule has 9 heteroatoms. The summed E-state index contributed by atoms with van der Waals surface area (Å²) in [4.78, 5) is 29.3.